The van der Waals surface area contributed by atoms with Gasteiger partial charge in [0.25, 0.3) is 0 Å². The lowest BCUT2D eigenvalue weighted by Crippen LogP contribution is -1.92. The van der Waals surface area contributed by atoms with Crippen LogP contribution in [-0.2, 0) is 9.53 Å². The minimum Gasteiger partial charge on any atom is -0.432 e. The van der Waals surface area contributed by atoms with E-state index in [2.05, 4.69) is 18.2 Å². The molecule has 0 aliphatic carbocycles. The van der Waals surface area contributed by atoms with Crippen molar-refractivity contribution in [3.05, 3.63) is 25.0 Å². The average Bonchev–Trinajstić information content (AvgIpc) is 2.66. The Labute approximate surface area is 169 Å². The summed E-state index contributed by atoms with van der Waals surface area (Å²) in [6, 6.07) is 0. The third-order valence-corrected chi connectivity index (χ3v) is 5.18. The molecule has 0 aromatic carbocycles. The SMILES string of the molecule is C=COC(=O)C=CCCCCCCCCCCCCCCCCCCCC. The summed E-state index contributed by atoms with van der Waals surface area (Å²) in [5.41, 5.74) is 0. The Morgan fingerprint density at radius 3 is 1.41 bits per heavy atom. The molecule has 0 radical (unpaired) electrons. The van der Waals surface area contributed by atoms with E-state index in [1.807, 2.05) is 6.08 Å². The third-order valence-electron chi connectivity index (χ3n) is 5.18. The van der Waals surface area contributed by atoms with Crippen molar-refractivity contribution in [3.63, 3.8) is 0 Å². The van der Waals surface area contributed by atoms with Crippen molar-refractivity contribution in [2.24, 2.45) is 0 Å². The summed E-state index contributed by atoms with van der Waals surface area (Å²) >= 11 is 0. The highest BCUT2D eigenvalue weighted by molar-refractivity contribution is 5.82. The number of carbonyl (C=O) groups is 1. The van der Waals surface area contributed by atoms with Crippen LogP contribution in [0.2, 0.25) is 0 Å². The van der Waals surface area contributed by atoms with Gasteiger partial charge in [-0.1, -0.05) is 129 Å². The lowest BCUT2D eigenvalue weighted by molar-refractivity contribution is -0.132. The molecule has 0 spiro atoms. The maximum absolute atomic E-state index is 11.1. The van der Waals surface area contributed by atoms with Gasteiger partial charge in [-0.15, -0.1) is 0 Å². The van der Waals surface area contributed by atoms with E-state index in [0.29, 0.717) is 0 Å². The van der Waals surface area contributed by atoms with Crippen LogP contribution in [0.15, 0.2) is 25.0 Å². The molecular formula is C25H46O2. The molecule has 0 saturated carbocycles. The Balaban J connectivity index is 3.09. The van der Waals surface area contributed by atoms with E-state index in [9.17, 15) is 4.79 Å². The molecule has 0 fully saturated rings. The number of hydrogen-bond acceptors (Lipinski definition) is 2. The van der Waals surface area contributed by atoms with Gasteiger partial charge in [0.15, 0.2) is 0 Å². The lowest BCUT2D eigenvalue weighted by Gasteiger charge is -2.03. The van der Waals surface area contributed by atoms with Gasteiger partial charge in [0.2, 0.25) is 0 Å². The molecule has 0 N–H and O–H groups in total. The Bertz CT molecular complexity index is 346. The number of unbranched alkanes of at least 4 members (excludes halogenated alkanes) is 18. The monoisotopic (exact) mass is 378 g/mol. The van der Waals surface area contributed by atoms with E-state index in [4.69, 9.17) is 0 Å². The van der Waals surface area contributed by atoms with E-state index >= 15 is 0 Å². The lowest BCUT2D eigenvalue weighted by atomic mass is 10.0. The van der Waals surface area contributed by atoms with Crippen LogP contribution in [0.25, 0.3) is 0 Å². The first kappa shape index (κ1) is 26.0. The molecule has 0 heterocycles. The number of hydrogen-bond donors (Lipinski definition) is 0. The zero-order valence-corrected chi connectivity index (χ0v) is 18.2. The quantitative estimate of drug-likeness (QED) is 0.0864. The number of esters is 1. The van der Waals surface area contributed by atoms with Crippen molar-refractivity contribution in [1.29, 1.82) is 0 Å². The molecule has 0 aromatic rings. The third kappa shape index (κ3) is 22.9. The van der Waals surface area contributed by atoms with Gasteiger partial charge in [-0.25, -0.2) is 4.79 Å². The summed E-state index contributed by atoms with van der Waals surface area (Å²) in [6.07, 6.45) is 30.7. The van der Waals surface area contributed by atoms with Crippen LogP contribution in [0.1, 0.15) is 129 Å². The molecule has 2 heteroatoms. The van der Waals surface area contributed by atoms with E-state index < -0.39 is 0 Å². The van der Waals surface area contributed by atoms with Crippen LogP contribution in [-0.4, -0.2) is 5.97 Å². The average molecular weight is 379 g/mol. The molecule has 0 aliphatic heterocycles. The van der Waals surface area contributed by atoms with Gasteiger partial charge in [0.1, 0.15) is 0 Å². The smallest absolute Gasteiger partial charge is 0.335 e. The first-order valence-electron chi connectivity index (χ1n) is 11.8. The van der Waals surface area contributed by atoms with E-state index in [-0.39, 0.29) is 5.97 Å². The normalized spacial score (nSPS) is 11.1. The number of ether oxygens (including phenoxy) is 1. The standard InChI is InChI=1S/C25H46O2/c1-3-5-6-7-8-9-10-11-12-13-14-15-16-17-18-19-20-21-22-23-24-25(26)27-4-2/h4,23-24H,2-3,5-22H2,1H3. The first-order valence-corrected chi connectivity index (χ1v) is 11.8. The molecule has 2 nitrogen and oxygen atoms in total. The largest absolute Gasteiger partial charge is 0.432 e. The maximum atomic E-state index is 11.1. The molecule has 158 valence electrons. The van der Waals surface area contributed by atoms with Gasteiger partial charge in [0, 0.05) is 6.08 Å². The van der Waals surface area contributed by atoms with Crippen LogP contribution in [0.4, 0.5) is 0 Å². The highest BCUT2D eigenvalue weighted by atomic mass is 16.5. The summed E-state index contributed by atoms with van der Waals surface area (Å²) in [7, 11) is 0. The molecule has 0 bridgehead atoms. The number of carbonyl (C=O) groups excluding carboxylic acids is 1. The van der Waals surface area contributed by atoms with E-state index in [0.717, 1.165) is 12.8 Å². The highest BCUT2D eigenvalue weighted by Crippen LogP contribution is 2.14. The number of allylic oxidation sites excluding steroid dienone is 1. The Kier molecular flexibility index (Phi) is 22.1. The molecule has 0 rings (SSSR count). The second-order valence-corrected chi connectivity index (χ2v) is 7.81. The Hall–Kier alpha value is -1.05. The summed E-state index contributed by atoms with van der Waals surface area (Å²) < 4.78 is 4.62. The van der Waals surface area contributed by atoms with Gasteiger partial charge >= 0.3 is 5.97 Å². The predicted molar refractivity (Wildman–Crippen MR) is 119 cm³/mol. The molecular weight excluding hydrogens is 332 g/mol. The van der Waals surface area contributed by atoms with Gasteiger partial charge < -0.3 is 4.74 Å². The fourth-order valence-corrected chi connectivity index (χ4v) is 3.46. The molecule has 0 aliphatic rings. The minimum absolute atomic E-state index is 0.326. The van der Waals surface area contributed by atoms with Gasteiger partial charge in [0.05, 0.1) is 6.26 Å². The zero-order valence-electron chi connectivity index (χ0n) is 18.2. The fourth-order valence-electron chi connectivity index (χ4n) is 3.46. The van der Waals surface area contributed by atoms with Gasteiger partial charge in [-0.3, -0.25) is 0 Å². The van der Waals surface area contributed by atoms with E-state index in [1.165, 1.54) is 121 Å². The number of rotatable bonds is 21. The van der Waals surface area contributed by atoms with Crippen molar-refractivity contribution in [2.45, 2.75) is 129 Å². The highest BCUT2D eigenvalue weighted by Gasteiger charge is 1.95. The van der Waals surface area contributed by atoms with Crippen molar-refractivity contribution in [1.82, 2.24) is 0 Å². The molecule has 27 heavy (non-hydrogen) atoms. The van der Waals surface area contributed by atoms with Gasteiger partial charge in [-0.2, -0.15) is 0 Å². The molecule has 0 amide bonds. The summed E-state index contributed by atoms with van der Waals surface area (Å²) in [5.74, 6) is -0.326. The second kappa shape index (κ2) is 23.0. The van der Waals surface area contributed by atoms with Crippen LogP contribution in [0.3, 0.4) is 0 Å². The van der Waals surface area contributed by atoms with Crippen LogP contribution >= 0.6 is 0 Å². The fraction of sp³-hybridized carbons (Fsp3) is 0.800. The van der Waals surface area contributed by atoms with Crippen molar-refractivity contribution < 1.29 is 9.53 Å². The van der Waals surface area contributed by atoms with Crippen molar-refractivity contribution in [2.75, 3.05) is 0 Å². The first-order chi connectivity index (χ1) is 13.3. The Morgan fingerprint density at radius 1 is 0.667 bits per heavy atom. The van der Waals surface area contributed by atoms with Crippen LogP contribution < -0.4 is 0 Å². The van der Waals surface area contributed by atoms with Crippen LogP contribution in [0.5, 0.6) is 0 Å². The topological polar surface area (TPSA) is 26.3 Å². The van der Waals surface area contributed by atoms with E-state index in [1.54, 1.807) is 0 Å². The van der Waals surface area contributed by atoms with Gasteiger partial charge in [-0.05, 0) is 12.8 Å². The predicted octanol–water partition coefficient (Wildman–Crippen LogP) is 8.66. The molecule has 0 unspecified atom stereocenters. The molecule has 0 aromatic heterocycles. The summed E-state index contributed by atoms with van der Waals surface area (Å²) in [5, 5.41) is 0. The van der Waals surface area contributed by atoms with Crippen molar-refractivity contribution in [3.8, 4) is 0 Å². The van der Waals surface area contributed by atoms with Crippen LogP contribution in [0, 0.1) is 0 Å². The second-order valence-electron chi connectivity index (χ2n) is 7.81. The molecule has 0 saturated heterocycles. The maximum Gasteiger partial charge on any atom is 0.335 e. The molecule has 0 atom stereocenters. The summed E-state index contributed by atoms with van der Waals surface area (Å²) in [4.78, 5) is 11.1. The Morgan fingerprint density at radius 2 is 1.04 bits per heavy atom. The summed E-state index contributed by atoms with van der Waals surface area (Å²) in [6.45, 7) is 5.64. The van der Waals surface area contributed by atoms with Crippen molar-refractivity contribution >= 4 is 5.97 Å². The minimum atomic E-state index is -0.326. The zero-order chi connectivity index (χ0) is 19.8.